The lowest BCUT2D eigenvalue weighted by atomic mass is 10.1. The van der Waals surface area contributed by atoms with Crippen LogP contribution in [0.2, 0.25) is 0 Å². The van der Waals surface area contributed by atoms with Gasteiger partial charge in [-0.1, -0.05) is 50.1 Å². The van der Waals surface area contributed by atoms with Gasteiger partial charge in [0.05, 0.1) is 6.04 Å². The van der Waals surface area contributed by atoms with E-state index in [-0.39, 0.29) is 6.10 Å². The number of benzene rings is 1. The number of carbonyl (C=O) groups is 2. The Morgan fingerprint density at radius 1 is 1.35 bits per heavy atom. The van der Waals surface area contributed by atoms with Gasteiger partial charge in [0.1, 0.15) is 12.4 Å². The van der Waals surface area contributed by atoms with Crippen LogP contribution in [0.15, 0.2) is 30.3 Å². The highest BCUT2D eigenvalue weighted by molar-refractivity contribution is 5.73. The van der Waals surface area contributed by atoms with Crippen LogP contribution < -0.4 is 5.32 Å². The van der Waals surface area contributed by atoms with Crippen LogP contribution in [-0.4, -0.2) is 24.5 Å². The summed E-state index contributed by atoms with van der Waals surface area (Å²) in [5.74, 6) is 0. The van der Waals surface area contributed by atoms with Crippen LogP contribution in [0.5, 0.6) is 0 Å². The van der Waals surface area contributed by atoms with Crippen LogP contribution in [0.1, 0.15) is 38.7 Å². The van der Waals surface area contributed by atoms with Gasteiger partial charge in [-0.2, -0.15) is 0 Å². The largest absolute Gasteiger partial charge is 0.446 e. The Balaban J connectivity index is 2.35. The third-order valence-electron chi connectivity index (χ3n) is 3.01. The maximum atomic E-state index is 11.7. The van der Waals surface area contributed by atoms with Gasteiger partial charge in [0.2, 0.25) is 0 Å². The maximum absolute atomic E-state index is 11.7. The molecule has 0 unspecified atom stereocenters. The molecular formula is C16H23NO3. The zero-order chi connectivity index (χ0) is 14.8. The van der Waals surface area contributed by atoms with Crippen molar-refractivity contribution in [2.45, 2.75) is 51.7 Å². The van der Waals surface area contributed by atoms with Crippen molar-refractivity contribution in [1.82, 2.24) is 5.32 Å². The number of aldehydes is 1. The van der Waals surface area contributed by atoms with Gasteiger partial charge in [-0.05, 0) is 18.9 Å². The Hall–Kier alpha value is -1.84. The summed E-state index contributed by atoms with van der Waals surface area (Å²) >= 11 is 0. The second-order valence-electron chi connectivity index (χ2n) is 4.93. The summed E-state index contributed by atoms with van der Waals surface area (Å²) in [6.45, 7) is 3.89. The molecule has 0 aliphatic carbocycles. The van der Waals surface area contributed by atoms with Gasteiger partial charge >= 0.3 is 6.09 Å². The molecule has 4 heteroatoms. The van der Waals surface area contributed by atoms with Crippen LogP contribution in [0.4, 0.5) is 4.79 Å². The van der Waals surface area contributed by atoms with Gasteiger partial charge in [0, 0.05) is 6.42 Å². The molecule has 20 heavy (non-hydrogen) atoms. The van der Waals surface area contributed by atoms with Crippen molar-refractivity contribution in [2.75, 3.05) is 0 Å². The summed E-state index contributed by atoms with van der Waals surface area (Å²) in [4.78, 5) is 22.5. The van der Waals surface area contributed by atoms with E-state index < -0.39 is 12.1 Å². The van der Waals surface area contributed by atoms with E-state index in [9.17, 15) is 9.59 Å². The number of carbonyl (C=O) groups excluding carboxylic acids is 2. The summed E-state index contributed by atoms with van der Waals surface area (Å²) in [6, 6.07) is 9.39. The smallest absolute Gasteiger partial charge is 0.407 e. The average Bonchev–Trinajstić information content (AvgIpc) is 2.44. The van der Waals surface area contributed by atoms with Gasteiger partial charge in [0.25, 0.3) is 0 Å². The quantitative estimate of drug-likeness (QED) is 0.743. The molecule has 0 aliphatic heterocycles. The molecule has 0 heterocycles. The Labute approximate surface area is 120 Å². The van der Waals surface area contributed by atoms with Gasteiger partial charge in [0.15, 0.2) is 0 Å². The van der Waals surface area contributed by atoms with Gasteiger partial charge in [-0.25, -0.2) is 4.79 Å². The molecule has 1 rings (SSSR count). The molecule has 0 radical (unpaired) electrons. The molecule has 1 amide bonds. The first kappa shape index (κ1) is 16.2. The second-order valence-corrected chi connectivity index (χ2v) is 4.93. The number of nitrogens with one attached hydrogen (secondary N) is 1. The molecular weight excluding hydrogens is 254 g/mol. The first-order chi connectivity index (χ1) is 9.65. The molecule has 0 aliphatic rings. The third kappa shape index (κ3) is 6.36. The summed E-state index contributed by atoms with van der Waals surface area (Å²) in [7, 11) is 0. The predicted molar refractivity (Wildman–Crippen MR) is 78.6 cm³/mol. The lowest BCUT2D eigenvalue weighted by Gasteiger charge is -2.16. The van der Waals surface area contributed by atoms with Gasteiger partial charge in [-0.3, -0.25) is 0 Å². The van der Waals surface area contributed by atoms with Crippen molar-refractivity contribution in [3.05, 3.63) is 35.9 Å². The van der Waals surface area contributed by atoms with E-state index in [1.165, 1.54) is 0 Å². The lowest BCUT2D eigenvalue weighted by molar-refractivity contribution is -0.109. The van der Waals surface area contributed by atoms with Crippen LogP contribution in [0.3, 0.4) is 0 Å². The van der Waals surface area contributed by atoms with Crippen LogP contribution in [-0.2, 0) is 16.0 Å². The number of alkyl carbamates (subject to hydrolysis) is 1. The van der Waals surface area contributed by atoms with E-state index in [2.05, 4.69) is 5.32 Å². The van der Waals surface area contributed by atoms with Crippen LogP contribution >= 0.6 is 0 Å². The number of unbranched alkanes of at least 4 members (excludes halogenated alkanes) is 1. The summed E-state index contributed by atoms with van der Waals surface area (Å²) in [5, 5.41) is 2.59. The number of rotatable bonds is 8. The fourth-order valence-electron chi connectivity index (χ4n) is 1.95. The summed E-state index contributed by atoms with van der Waals surface area (Å²) < 4.78 is 5.26. The van der Waals surface area contributed by atoms with E-state index in [1.807, 2.05) is 44.2 Å². The zero-order valence-electron chi connectivity index (χ0n) is 12.2. The maximum Gasteiger partial charge on any atom is 0.407 e. The molecule has 0 saturated carbocycles. The van der Waals surface area contributed by atoms with Crippen molar-refractivity contribution in [1.29, 1.82) is 0 Å². The van der Waals surface area contributed by atoms with Crippen molar-refractivity contribution in [3.8, 4) is 0 Å². The highest BCUT2D eigenvalue weighted by atomic mass is 16.6. The second kappa shape index (κ2) is 9.13. The van der Waals surface area contributed by atoms with Gasteiger partial charge in [-0.15, -0.1) is 0 Å². The Morgan fingerprint density at radius 2 is 2.05 bits per heavy atom. The Kier molecular flexibility index (Phi) is 7.40. The fourth-order valence-corrected chi connectivity index (χ4v) is 1.95. The fraction of sp³-hybridized carbons (Fsp3) is 0.500. The minimum Gasteiger partial charge on any atom is -0.446 e. The monoisotopic (exact) mass is 277 g/mol. The molecule has 0 fully saturated rings. The van der Waals surface area contributed by atoms with Crippen molar-refractivity contribution < 1.29 is 14.3 Å². The molecule has 110 valence electrons. The number of amides is 1. The topological polar surface area (TPSA) is 55.4 Å². The molecule has 0 saturated heterocycles. The molecule has 2 atom stereocenters. The van der Waals surface area contributed by atoms with Crippen molar-refractivity contribution in [3.63, 3.8) is 0 Å². The van der Waals surface area contributed by atoms with E-state index in [0.29, 0.717) is 12.8 Å². The first-order valence-electron chi connectivity index (χ1n) is 7.12. The van der Waals surface area contributed by atoms with E-state index >= 15 is 0 Å². The average molecular weight is 277 g/mol. The van der Waals surface area contributed by atoms with Crippen LogP contribution in [0, 0.1) is 0 Å². The Morgan fingerprint density at radius 3 is 2.65 bits per heavy atom. The summed E-state index contributed by atoms with van der Waals surface area (Å²) in [5.41, 5.74) is 1.12. The molecule has 1 aromatic rings. The summed E-state index contributed by atoms with van der Waals surface area (Å²) in [6.07, 6.45) is 3.22. The Bertz CT molecular complexity index is 405. The first-order valence-corrected chi connectivity index (χ1v) is 7.12. The lowest BCUT2D eigenvalue weighted by Crippen LogP contribution is -2.38. The standard InChI is InChI=1S/C16H23NO3/c1-3-4-10-15(12-18)17-16(19)20-13(2)11-14-8-6-5-7-9-14/h5-9,12-13,15H,3-4,10-11H2,1-2H3,(H,17,19)/t13-,15+/m1/s1. The minimum absolute atomic E-state index is 0.226. The third-order valence-corrected chi connectivity index (χ3v) is 3.01. The molecule has 4 nitrogen and oxygen atoms in total. The van der Waals surface area contributed by atoms with E-state index in [0.717, 1.165) is 24.7 Å². The number of hydrogen-bond donors (Lipinski definition) is 1. The normalized spacial score (nSPS) is 13.3. The van der Waals surface area contributed by atoms with E-state index in [4.69, 9.17) is 4.74 Å². The molecule has 1 N–H and O–H groups in total. The van der Waals surface area contributed by atoms with Crippen molar-refractivity contribution >= 4 is 12.4 Å². The van der Waals surface area contributed by atoms with Crippen LogP contribution in [0.25, 0.3) is 0 Å². The van der Waals surface area contributed by atoms with Gasteiger partial charge < -0.3 is 14.8 Å². The number of ether oxygens (including phenoxy) is 1. The van der Waals surface area contributed by atoms with E-state index in [1.54, 1.807) is 0 Å². The molecule has 0 aromatic heterocycles. The number of hydrogen-bond acceptors (Lipinski definition) is 3. The highest BCUT2D eigenvalue weighted by Gasteiger charge is 2.14. The molecule has 0 bridgehead atoms. The SMILES string of the molecule is CCCC[C@@H](C=O)NC(=O)O[C@H](C)Cc1ccccc1. The minimum atomic E-state index is -0.526. The van der Waals surface area contributed by atoms with Crippen molar-refractivity contribution in [2.24, 2.45) is 0 Å². The zero-order valence-corrected chi connectivity index (χ0v) is 12.2. The predicted octanol–water partition coefficient (Wildman–Crippen LogP) is 3.10. The molecule has 0 spiro atoms. The molecule has 1 aromatic carbocycles. The highest BCUT2D eigenvalue weighted by Crippen LogP contribution is 2.06.